The van der Waals surface area contributed by atoms with Gasteiger partial charge in [-0.3, -0.25) is 4.98 Å². The second-order valence-corrected chi connectivity index (χ2v) is 4.97. The van der Waals surface area contributed by atoms with Crippen molar-refractivity contribution in [2.75, 3.05) is 19.7 Å². The van der Waals surface area contributed by atoms with Crippen LogP contribution in [0, 0.1) is 5.92 Å². The molecule has 1 unspecified atom stereocenters. The van der Waals surface area contributed by atoms with E-state index in [2.05, 4.69) is 48.3 Å². The standard InChI is InChI=1S/C15H26N4O/c1-5-17-15(19-13(4)12(2)3)18-9-10-20-14-7-6-8-16-11-14/h6-8,11-13H,5,9-10H2,1-4H3,(H2,17,18,19). The Balaban J connectivity index is 2.38. The third-order valence-electron chi connectivity index (χ3n) is 2.97. The minimum absolute atomic E-state index is 0.382. The molecule has 0 aliphatic heterocycles. The molecule has 0 radical (unpaired) electrons. The van der Waals surface area contributed by atoms with Crippen LogP contribution in [0.2, 0.25) is 0 Å². The molecule has 0 fully saturated rings. The first kappa shape index (κ1) is 16.3. The summed E-state index contributed by atoms with van der Waals surface area (Å²) in [5, 5.41) is 6.63. The van der Waals surface area contributed by atoms with E-state index in [9.17, 15) is 0 Å². The number of ether oxygens (including phenoxy) is 1. The molecule has 2 N–H and O–H groups in total. The average Bonchev–Trinajstić information content (AvgIpc) is 2.44. The molecule has 1 aromatic heterocycles. The van der Waals surface area contributed by atoms with Crippen LogP contribution < -0.4 is 15.4 Å². The van der Waals surface area contributed by atoms with Crippen molar-refractivity contribution in [3.8, 4) is 5.75 Å². The number of aromatic nitrogens is 1. The van der Waals surface area contributed by atoms with E-state index in [0.717, 1.165) is 18.3 Å². The minimum atomic E-state index is 0.382. The molecule has 0 aliphatic rings. The van der Waals surface area contributed by atoms with Gasteiger partial charge in [0.15, 0.2) is 5.96 Å². The lowest BCUT2D eigenvalue weighted by Crippen LogP contribution is -2.44. The molecule has 1 heterocycles. The SMILES string of the molecule is CCNC(=NCCOc1cccnc1)NC(C)C(C)C. The Hall–Kier alpha value is -1.78. The van der Waals surface area contributed by atoms with Gasteiger partial charge in [0, 0.05) is 18.8 Å². The Bertz CT molecular complexity index is 392. The molecule has 1 rings (SSSR count). The zero-order valence-electron chi connectivity index (χ0n) is 12.9. The summed E-state index contributed by atoms with van der Waals surface area (Å²) in [5.74, 6) is 2.17. The van der Waals surface area contributed by atoms with Crippen LogP contribution in [0.4, 0.5) is 0 Å². The summed E-state index contributed by atoms with van der Waals surface area (Å²) in [7, 11) is 0. The fourth-order valence-corrected chi connectivity index (χ4v) is 1.46. The van der Waals surface area contributed by atoms with Gasteiger partial charge in [0.25, 0.3) is 0 Å². The smallest absolute Gasteiger partial charge is 0.191 e. The summed E-state index contributed by atoms with van der Waals surface area (Å²) in [6, 6.07) is 4.13. The molecule has 0 aliphatic carbocycles. The number of nitrogens with zero attached hydrogens (tertiary/aromatic N) is 2. The monoisotopic (exact) mass is 278 g/mol. The molecular weight excluding hydrogens is 252 g/mol. The lowest BCUT2D eigenvalue weighted by Gasteiger charge is -2.20. The van der Waals surface area contributed by atoms with Crippen LogP contribution in [0.15, 0.2) is 29.5 Å². The molecule has 1 aromatic rings. The lowest BCUT2D eigenvalue weighted by atomic mass is 10.1. The van der Waals surface area contributed by atoms with Gasteiger partial charge in [-0.25, -0.2) is 4.99 Å². The molecule has 0 aromatic carbocycles. The number of rotatable bonds is 7. The van der Waals surface area contributed by atoms with Crippen LogP contribution in [0.1, 0.15) is 27.7 Å². The highest BCUT2D eigenvalue weighted by molar-refractivity contribution is 5.80. The Kier molecular flexibility index (Phi) is 7.47. The van der Waals surface area contributed by atoms with Gasteiger partial charge in [-0.05, 0) is 31.9 Å². The van der Waals surface area contributed by atoms with E-state index in [-0.39, 0.29) is 0 Å². The Morgan fingerprint density at radius 2 is 2.20 bits per heavy atom. The van der Waals surface area contributed by atoms with E-state index < -0.39 is 0 Å². The molecule has 0 saturated carbocycles. The normalized spacial score (nSPS) is 13.2. The maximum atomic E-state index is 5.56. The zero-order chi connectivity index (χ0) is 14.8. The summed E-state index contributed by atoms with van der Waals surface area (Å²) in [5.41, 5.74) is 0. The quantitative estimate of drug-likeness (QED) is 0.455. The summed E-state index contributed by atoms with van der Waals surface area (Å²) < 4.78 is 5.56. The van der Waals surface area contributed by atoms with Gasteiger partial charge in [-0.2, -0.15) is 0 Å². The van der Waals surface area contributed by atoms with Gasteiger partial charge >= 0.3 is 0 Å². The summed E-state index contributed by atoms with van der Waals surface area (Å²) in [6.07, 6.45) is 3.43. The Labute approximate surface area is 121 Å². The predicted octanol–water partition coefficient (Wildman–Crippen LogP) is 2.06. The highest BCUT2D eigenvalue weighted by Gasteiger charge is 2.08. The fraction of sp³-hybridized carbons (Fsp3) is 0.600. The topological polar surface area (TPSA) is 58.5 Å². The molecule has 0 spiro atoms. The van der Waals surface area contributed by atoms with E-state index in [0.29, 0.717) is 25.1 Å². The summed E-state index contributed by atoms with van der Waals surface area (Å²) in [4.78, 5) is 8.50. The summed E-state index contributed by atoms with van der Waals surface area (Å²) >= 11 is 0. The van der Waals surface area contributed by atoms with Crippen LogP contribution in [-0.4, -0.2) is 36.7 Å². The maximum absolute atomic E-state index is 5.56. The van der Waals surface area contributed by atoms with E-state index in [1.165, 1.54) is 0 Å². The van der Waals surface area contributed by atoms with Gasteiger partial charge < -0.3 is 15.4 Å². The number of nitrogens with one attached hydrogen (secondary N) is 2. The van der Waals surface area contributed by atoms with Gasteiger partial charge in [0.05, 0.1) is 12.7 Å². The van der Waals surface area contributed by atoms with Crippen molar-refractivity contribution in [3.05, 3.63) is 24.5 Å². The second kappa shape index (κ2) is 9.18. The second-order valence-electron chi connectivity index (χ2n) is 4.97. The first-order valence-corrected chi connectivity index (χ1v) is 7.21. The Morgan fingerprint density at radius 3 is 2.80 bits per heavy atom. The van der Waals surface area contributed by atoms with Crippen LogP contribution in [0.5, 0.6) is 5.75 Å². The van der Waals surface area contributed by atoms with Crippen molar-refractivity contribution in [3.63, 3.8) is 0 Å². The third-order valence-corrected chi connectivity index (χ3v) is 2.97. The minimum Gasteiger partial charge on any atom is -0.490 e. The van der Waals surface area contributed by atoms with Gasteiger partial charge in [0.1, 0.15) is 12.4 Å². The first-order chi connectivity index (χ1) is 9.63. The van der Waals surface area contributed by atoms with Crippen LogP contribution in [0.25, 0.3) is 0 Å². The van der Waals surface area contributed by atoms with Gasteiger partial charge in [0.2, 0.25) is 0 Å². The highest BCUT2D eigenvalue weighted by Crippen LogP contribution is 2.05. The third kappa shape index (κ3) is 6.41. The molecule has 5 nitrogen and oxygen atoms in total. The van der Waals surface area contributed by atoms with Crippen LogP contribution >= 0.6 is 0 Å². The van der Waals surface area contributed by atoms with Crippen LogP contribution in [-0.2, 0) is 0 Å². The lowest BCUT2D eigenvalue weighted by molar-refractivity contribution is 0.327. The van der Waals surface area contributed by atoms with Crippen LogP contribution in [0.3, 0.4) is 0 Å². The molecule has 0 bridgehead atoms. The average molecular weight is 278 g/mol. The van der Waals surface area contributed by atoms with Gasteiger partial charge in [-0.15, -0.1) is 0 Å². The summed E-state index contributed by atoms with van der Waals surface area (Å²) in [6.45, 7) is 10.6. The number of guanidine groups is 1. The molecule has 5 heteroatoms. The van der Waals surface area contributed by atoms with E-state index in [1.54, 1.807) is 12.4 Å². The molecule has 0 saturated heterocycles. The Morgan fingerprint density at radius 1 is 1.40 bits per heavy atom. The highest BCUT2D eigenvalue weighted by atomic mass is 16.5. The number of hydrogen-bond acceptors (Lipinski definition) is 3. The van der Waals surface area contributed by atoms with E-state index in [4.69, 9.17) is 4.74 Å². The van der Waals surface area contributed by atoms with E-state index >= 15 is 0 Å². The largest absolute Gasteiger partial charge is 0.490 e. The predicted molar refractivity (Wildman–Crippen MR) is 83.1 cm³/mol. The van der Waals surface area contributed by atoms with Gasteiger partial charge in [-0.1, -0.05) is 13.8 Å². The van der Waals surface area contributed by atoms with Crippen molar-refractivity contribution in [1.82, 2.24) is 15.6 Å². The van der Waals surface area contributed by atoms with Crippen molar-refractivity contribution in [1.29, 1.82) is 0 Å². The number of hydrogen-bond donors (Lipinski definition) is 2. The molecule has 1 atom stereocenters. The van der Waals surface area contributed by atoms with E-state index in [1.807, 2.05) is 12.1 Å². The fourth-order valence-electron chi connectivity index (χ4n) is 1.46. The first-order valence-electron chi connectivity index (χ1n) is 7.21. The molecule has 0 amide bonds. The maximum Gasteiger partial charge on any atom is 0.191 e. The molecule has 20 heavy (non-hydrogen) atoms. The molecule has 112 valence electrons. The molecular formula is C15H26N4O. The number of pyridine rings is 1. The van der Waals surface area contributed by atoms with Crippen molar-refractivity contribution in [2.45, 2.75) is 33.7 Å². The number of aliphatic imine (C=N–C) groups is 1. The van der Waals surface area contributed by atoms with Crippen molar-refractivity contribution in [2.24, 2.45) is 10.9 Å². The zero-order valence-corrected chi connectivity index (χ0v) is 12.9. The van der Waals surface area contributed by atoms with Crippen molar-refractivity contribution >= 4 is 5.96 Å². The van der Waals surface area contributed by atoms with Crippen molar-refractivity contribution < 1.29 is 4.74 Å².